The number of carbonyl (C=O) groups excluding carboxylic acids is 1. The molecule has 4 heterocycles. The Bertz CT molecular complexity index is 1240. The summed E-state index contributed by atoms with van der Waals surface area (Å²) in [6, 6.07) is 5.80. The molecule has 1 unspecified atom stereocenters. The summed E-state index contributed by atoms with van der Waals surface area (Å²) in [7, 11) is 0. The van der Waals surface area contributed by atoms with Crippen LogP contribution in [-0.4, -0.2) is 103 Å². The minimum Gasteiger partial charge on any atom is -0.394 e. The number of benzene rings is 1. The van der Waals surface area contributed by atoms with Gasteiger partial charge in [-0.15, -0.1) is 0 Å². The molecule has 0 spiro atoms. The first kappa shape index (κ1) is 29.0. The lowest BCUT2D eigenvalue weighted by Crippen LogP contribution is -2.65. The number of anilines is 1. The number of carbonyl (C=O) groups is 1. The Hall–Kier alpha value is -2.50. The van der Waals surface area contributed by atoms with Crippen LogP contribution in [0.3, 0.4) is 0 Å². The Kier molecular flexibility index (Phi) is 8.27. The maximum Gasteiger partial charge on any atom is 0.241 e. The van der Waals surface area contributed by atoms with Gasteiger partial charge in [0.25, 0.3) is 0 Å². The van der Waals surface area contributed by atoms with Crippen molar-refractivity contribution in [2.75, 3.05) is 64.0 Å². The molecule has 2 aromatic rings. The van der Waals surface area contributed by atoms with Gasteiger partial charge in [0.15, 0.2) is 0 Å². The standard InChI is InChI=1S/C30H41F2N5O3/c1-20-14-35(24(12-33-20)15-36-7-8-40-19-30(36,4)18-38)16-28(39)37-17-29(2,3)25-13-34-23(11-27(25)37)9-21-5-6-22(31)10-26(21)32/h5-6,10-11,13,20,24,33,38H,7-9,12,14-19H2,1-4H3/t20?,24-,30-/m1/s1. The van der Waals surface area contributed by atoms with Crippen molar-refractivity contribution in [3.63, 3.8) is 0 Å². The maximum absolute atomic E-state index is 14.3. The number of amides is 1. The first-order valence-electron chi connectivity index (χ1n) is 14.1. The van der Waals surface area contributed by atoms with Gasteiger partial charge in [0.2, 0.25) is 5.91 Å². The summed E-state index contributed by atoms with van der Waals surface area (Å²) in [4.78, 5) is 24.9. The molecular weight excluding hydrogens is 516 g/mol. The molecule has 8 nitrogen and oxygen atoms in total. The summed E-state index contributed by atoms with van der Waals surface area (Å²) in [5.74, 6) is -1.20. The normalized spacial score (nSPS) is 27.1. The predicted octanol–water partition coefficient (Wildman–Crippen LogP) is 2.32. The third kappa shape index (κ3) is 5.92. The third-order valence-electron chi connectivity index (χ3n) is 8.72. The highest BCUT2D eigenvalue weighted by atomic mass is 19.1. The monoisotopic (exact) mass is 557 g/mol. The van der Waals surface area contributed by atoms with Crippen LogP contribution in [0.15, 0.2) is 30.5 Å². The van der Waals surface area contributed by atoms with Crippen molar-refractivity contribution in [1.29, 1.82) is 0 Å². The SMILES string of the molecule is CC1CN(CC(=O)N2CC(C)(C)c3cnc(Cc4ccc(F)cc4F)cc32)[C@@H](CN2CCOC[C@@]2(C)CO)CN1. The number of fused-ring (bicyclic) bond motifs is 1. The Labute approximate surface area is 235 Å². The van der Waals surface area contributed by atoms with Crippen LogP contribution >= 0.6 is 0 Å². The van der Waals surface area contributed by atoms with Gasteiger partial charge in [-0.2, -0.15) is 0 Å². The van der Waals surface area contributed by atoms with E-state index in [0.717, 1.165) is 43.5 Å². The van der Waals surface area contributed by atoms with E-state index < -0.39 is 17.2 Å². The molecule has 3 aliphatic heterocycles. The van der Waals surface area contributed by atoms with Crippen LogP contribution in [0.4, 0.5) is 14.5 Å². The Morgan fingerprint density at radius 3 is 2.80 bits per heavy atom. The van der Waals surface area contributed by atoms with Gasteiger partial charge in [-0.3, -0.25) is 19.6 Å². The number of nitrogens with one attached hydrogen (secondary N) is 1. The minimum absolute atomic E-state index is 0.0142. The molecule has 3 aliphatic rings. The molecule has 218 valence electrons. The molecule has 0 bridgehead atoms. The second-order valence-electron chi connectivity index (χ2n) is 12.5. The maximum atomic E-state index is 14.3. The number of ether oxygens (including phenoxy) is 1. The number of aromatic nitrogens is 1. The van der Waals surface area contributed by atoms with Crippen LogP contribution in [0.25, 0.3) is 0 Å². The lowest BCUT2D eigenvalue weighted by atomic mass is 9.88. The zero-order chi connectivity index (χ0) is 28.7. The van der Waals surface area contributed by atoms with E-state index in [2.05, 4.69) is 40.9 Å². The van der Waals surface area contributed by atoms with E-state index in [9.17, 15) is 18.7 Å². The predicted molar refractivity (Wildman–Crippen MR) is 149 cm³/mol. The van der Waals surface area contributed by atoms with E-state index >= 15 is 0 Å². The van der Waals surface area contributed by atoms with Gasteiger partial charge >= 0.3 is 0 Å². The van der Waals surface area contributed by atoms with Crippen molar-refractivity contribution >= 4 is 11.6 Å². The lowest BCUT2D eigenvalue weighted by Gasteiger charge is -2.48. The fraction of sp³-hybridized carbons (Fsp3) is 0.600. The Morgan fingerprint density at radius 2 is 2.05 bits per heavy atom. The van der Waals surface area contributed by atoms with Crippen molar-refractivity contribution < 1.29 is 23.4 Å². The molecule has 5 rings (SSSR count). The minimum atomic E-state index is -0.614. The van der Waals surface area contributed by atoms with Crippen LogP contribution in [-0.2, 0) is 21.4 Å². The van der Waals surface area contributed by atoms with E-state index in [1.165, 1.54) is 12.1 Å². The number of morpholine rings is 1. The van der Waals surface area contributed by atoms with Crippen LogP contribution < -0.4 is 10.2 Å². The van der Waals surface area contributed by atoms with E-state index in [1.807, 2.05) is 17.9 Å². The van der Waals surface area contributed by atoms with Crippen LogP contribution in [0.5, 0.6) is 0 Å². The largest absolute Gasteiger partial charge is 0.394 e. The number of nitrogens with zero attached hydrogens (tertiary/aromatic N) is 4. The fourth-order valence-electron chi connectivity index (χ4n) is 6.18. The van der Waals surface area contributed by atoms with Crippen LogP contribution in [0.1, 0.15) is 44.5 Å². The number of piperazine rings is 1. The number of hydrogen-bond acceptors (Lipinski definition) is 7. The number of pyridine rings is 1. The summed E-state index contributed by atoms with van der Waals surface area (Å²) in [5, 5.41) is 13.6. The van der Waals surface area contributed by atoms with Crippen molar-refractivity contribution in [3.05, 3.63) is 58.9 Å². The summed E-state index contributed by atoms with van der Waals surface area (Å²) in [6.45, 7) is 13.3. The quantitative estimate of drug-likeness (QED) is 0.541. The molecule has 0 radical (unpaired) electrons. The molecule has 40 heavy (non-hydrogen) atoms. The number of rotatable bonds is 7. The second-order valence-corrected chi connectivity index (χ2v) is 12.5. The van der Waals surface area contributed by atoms with Crippen LogP contribution in [0.2, 0.25) is 0 Å². The van der Waals surface area contributed by atoms with Gasteiger partial charge in [-0.05, 0) is 31.5 Å². The topological polar surface area (TPSA) is 81.2 Å². The molecule has 1 aromatic carbocycles. The number of aliphatic hydroxyl groups excluding tert-OH is 1. The van der Waals surface area contributed by atoms with Crippen molar-refractivity contribution in [2.24, 2.45) is 0 Å². The summed E-state index contributed by atoms with van der Waals surface area (Å²) >= 11 is 0. The number of aliphatic hydroxyl groups is 1. The highest BCUT2D eigenvalue weighted by Gasteiger charge is 2.41. The zero-order valence-electron chi connectivity index (χ0n) is 23.9. The summed E-state index contributed by atoms with van der Waals surface area (Å²) in [6.07, 6.45) is 2.01. The van der Waals surface area contributed by atoms with E-state index in [0.29, 0.717) is 31.0 Å². The average molecular weight is 558 g/mol. The highest BCUT2D eigenvalue weighted by Crippen LogP contribution is 2.40. The molecular formula is C30H41F2N5O3. The average Bonchev–Trinajstić information content (AvgIpc) is 3.18. The number of hydrogen-bond donors (Lipinski definition) is 2. The third-order valence-corrected chi connectivity index (χ3v) is 8.72. The molecule has 3 atom stereocenters. The zero-order valence-corrected chi connectivity index (χ0v) is 23.9. The van der Waals surface area contributed by atoms with Crippen molar-refractivity contribution in [2.45, 2.75) is 57.2 Å². The molecule has 2 N–H and O–H groups in total. The van der Waals surface area contributed by atoms with Crippen molar-refractivity contribution in [1.82, 2.24) is 20.1 Å². The second kappa shape index (κ2) is 11.4. The Morgan fingerprint density at radius 1 is 1.25 bits per heavy atom. The van der Waals surface area contributed by atoms with Gasteiger partial charge in [-0.1, -0.05) is 19.9 Å². The van der Waals surface area contributed by atoms with Gasteiger partial charge in [-0.25, -0.2) is 8.78 Å². The molecule has 2 fully saturated rings. The van der Waals surface area contributed by atoms with Crippen molar-refractivity contribution in [3.8, 4) is 0 Å². The lowest BCUT2D eigenvalue weighted by molar-refractivity contribution is -0.122. The fourth-order valence-corrected chi connectivity index (χ4v) is 6.18. The smallest absolute Gasteiger partial charge is 0.241 e. The highest BCUT2D eigenvalue weighted by molar-refractivity contribution is 5.97. The van der Waals surface area contributed by atoms with E-state index in [1.54, 1.807) is 6.20 Å². The van der Waals surface area contributed by atoms with Gasteiger partial charge in [0.05, 0.1) is 37.6 Å². The summed E-state index contributed by atoms with van der Waals surface area (Å²) in [5.41, 5.74) is 2.07. The van der Waals surface area contributed by atoms with Gasteiger partial charge < -0.3 is 20.1 Å². The van der Waals surface area contributed by atoms with Crippen LogP contribution in [0, 0.1) is 11.6 Å². The molecule has 1 amide bonds. The first-order chi connectivity index (χ1) is 19.0. The van der Waals surface area contributed by atoms with Gasteiger partial charge in [0.1, 0.15) is 11.6 Å². The Balaban J connectivity index is 1.35. The van der Waals surface area contributed by atoms with E-state index in [-0.39, 0.29) is 43.0 Å². The molecule has 10 heteroatoms. The molecule has 2 saturated heterocycles. The molecule has 0 saturated carbocycles. The summed E-state index contributed by atoms with van der Waals surface area (Å²) < 4.78 is 33.4. The molecule has 1 aromatic heterocycles. The number of halogens is 2. The first-order valence-corrected chi connectivity index (χ1v) is 14.1. The van der Waals surface area contributed by atoms with E-state index in [4.69, 9.17) is 4.74 Å². The molecule has 0 aliphatic carbocycles. The van der Waals surface area contributed by atoms with Gasteiger partial charge in [0, 0.05) is 80.2 Å².